The van der Waals surface area contributed by atoms with Crippen LogP contribution in [0.3, 0.4) is 0 Å². The van der Waals surface area contributed by atoms with Crippen molar-refractivity contribution in [3.05, 3.63) is 11.6 Å². The van der Waals surface area contributed by atoms with Crippen LogP contribution >= 0.6 is 7.60 Å². The second-order valence-electron chi connectivity index (χ2n) is 17.9. The van der Waals surface area contributed by atoms with Crippen molar-refractivity contribution in [2.45, 2.75) is 125 Å². The zero-order valence-corrected chi connectivity index (χ0v) is 31.7. The average Bonchev–Trinajstić information content (AvgIpc) is 3.49. The summed E-state index contributed by atoms with van der Waals surface area (Å²) in [5.41, 5.74) is -0.564. The SMILES string of the molecule is CCOP(=O)(CC(=O)OC[C@@]12CC[C@@]3(C(=O)O)CCC(C)(C)CC3C1=CCC1[C@@]3(C)CCC4(OCCO4)C(C)(C)C3CC[C@]12C)OCC. The lowest BCUT2D eigenvalue weighted by Crippen LogP contribution is -2.68. The topological polar surface area (TPSA) is 118 Å². The fourth-order valence-corrected chi connectivity index (χ4v) is 14.0. The number of aliphatic carboxylic acids is 1. The van der Waals surface area contributed by atoms with Gasteiger partial charge in [-0.05, 0) is 106 Å². The Morgan fingerprint density at radius 3 is 2.17 bits per heavy atom. The van der Waals surface area contributed by atoms with Gasteiger partial charge in [0.05, 0.1) is 31.8 Å². The summed E-state index contributed by atoms with van der Waals surface area (Å²) in [6.45, 7) is 19.3. The minimum atomic E-state index is -3.64. The first-order valence-corrected chi connectivity index (χ1v) is 20.4. The third kappa shape index (κ3) is 5.25. The summed E-state index contributed by atoms with van der Waals surface area (Å²) >= 11 is 0. The summed E-state index contributed by atoms with van der Waals surface area (Å²) in [5.74, 6) is -1.28. The number of carbonyl (C=O) groups is 2. The van der Waals surface area contributed by atoms with Crippen molar-refractivity contribution in [1.82, 2.24) is 0 Å². The van der Waals surface area contributed by atoms with Crippen LogP contribution in [0.4, 0.5) is 0 Å². The van der Waals surface area contributed by atoms with E-state index in [0.717, 1.165) is 44.9 Å². The molecule has 0 aromatic rings. The maximum atomic E-state index is 13.6. The largest absolute Gasteiger partial charge is 0.481 e. The molecule has 0 aromatic carbocycles. The molecule has 9 nitrogen and oxygen atoms in total. The van der Waals surface area contributed by atoms with Crippen molar-refractivity contribution in [3.8, 4) is 0 Å². The van der Waals surface area contributed by atoms with Gasteiger partial charge in [0.2, 0.25) is 0 Å². The number of carbonyl (C=O) groups excluding carboxylic acids is 1. The van der Waals surface area contributed by atoms with Crippen LogP contribution in [0, 0.1) is 50.2 Å². The van der Waals surface area contributed by atoms with E-state index in [4.69, 9.17) is 23.3 Å². The minimum absolute atomic E-state index is 0.0101. The maximum Gasteiger partial charge on any atom is 0.341 e. The number of fused-ring (bicyclic) bond motifs is 7. The highest BCUT2D eigenvalue weighted by Crippen LogP contribution is 2.77. The Labute approximate surface area is 288 Å². The van der Waals surface area contributed by atoms with E-state index in [1.54, 1.807) is 13.8 Å². The van der Waals surface area contributed by atoms with Gasteiger partial charge in [0, 0.05) is 17.3 Å². The lowest BCUT2D eigenvalue weighted by molar-refractivity contribution is -0.308. The van der Waals surface area contributed by atoms with E-state index in [-0.39, 0.29) is 47.4 Å². The van der Waals surface area contributed by atoms with Crippen LogP contribution in [0.5, 0.6) is 0 Å². The van der Waals surface area contributed by atoms with Crippen molar-refractivity contribution in [2.24, 2.45) is 50.2 Å². The van der Waals surface area contributed by atoms with Crippen LogP contribution in [0.25, 0.3) is 0 Å². The van der Waals surface area contributed by atoms with Crippen LogP contribution in [0.15, 0.2) is 11.6 Å². The van der Waals surface area contributed by atoms with Gasteiger partial charge in [-0.3, -0.25) is 14.2 Å². The normalized spacial score (nSPS) is 40.9. The molecular formula is C38H61O9P. The van der Waals surface area contributed by atoms with Gasteiger partial charge in [-0.15, -0.1) is 0 Å². The summed E-state index contributed by atoms with van der Waals surface area (Å²) in [6.07, 6.45) is 10.2. The van der Waals surface area contributed by atoms with Crippen LogP contribution < -0.4 is 0 Å². The van der Waals surface area contributed by atoms with Crippen LogP contribution in [0.1, 0.15) is 120 Å². The third-order valence-corrected chi connectivity index (χ3v) is 17.0. The molecule has 0 bridgehead atoms. The highest BCUT2D eigenvalue weighted by molar-refractivity contribution is 7.54. The Morgan fingerprint density at radius 1 is 0.896 bits per heavy atom. The fourth-order valence-electron chi connectivity index (χ4n) is 12.6. The Balaban J connectivity index is 1.41. The maximum absolute atomic E-state index is 13.6. The van der Waals surface area contributed by atoms with Gasteiger partial charge in [-0.2, -0.15) is 0 Å². The van der Waals surface area contributed by atoms with E-state index in [0.29, 0.717) is 44.3 Å². The number of carboxylic acids is 1. The molecule has 3 unspecified atom stereocenters. The van der Waals surface area contributed by atoms with Gasteiger partial charge in [-0.25, -0.2) is 0 Å². The molecule has 5 aliphatic carbocycles. The number of carboxylic acid groups (broad SMARTS) is 1. The van der Waals surface area contributed by atoms with E-state index in [9.17, 15) is 19.3 Å². The molecule has 1 heterocycles. The molecule has 6 rings (SSSR count). The Hall–Kier alpha value is -1.25. The average molecular weight is 693 g/mol. The fraction of sp³-hybridized carbons (Fsp3) is 0.895. The quantitative estimate of drug-likeness (QED) is 0.144. The Morgan fingerprint density at radius 2 is 1.54 bits per heavy atom. The van der Waals surface area contributed by atoms with Crippen molar-refractivity contribution < 1.29 is 42.5 Å². The molecule has 1 aliphatic heterocycles. The zero-order valence-electron chi connectivity index (χ0n) is 30.8. The van der Waals surface area contributed by atoms with E-state index in [2.05, 4.69) is 47.6 Å². The summed E-state index contributed by atoms with van der Waals surface area (Å²) in [6, 6.07) is 0. The molecule has 1 N–H and O–H groups in total. The summed E-state index contributed by atoms with van der Waals surface area (Å²) < 4.78 is 43.3. The highest BCUT2D eigenvalue weighted by atomic mass is 31.2. The summed E-state index contributed by atoms with van der Waals surface area (Å²) in [5, 5.41) is 10.9. The number of allylic oxidation sites excluding steroid dienone is 1. The molecule has 6 aliphatic rings. The molecule has 0 radical (unpaired) electrons. The number of ether oxygens (including phenoxy) is 3. The zero-order chi connectivity index (χ0) is 35.0. The molecule has 7 atom stereocenters. The molecule has 48 heavy (non-hydrogen) atoms. The molecule has 5 fully saturated rings. The van der Waals surface area contributed by atoms with Gasteiger partial charge in [0.25, 0.3) is 0 Å². The predicted octanol–water partition coefficient (Wildman–Crippen LogP) is 8.41. The first kappa shape index (κ1) is 36.5. The van der Waals surface area contributed by atoms with Crippen LogP contribution in [-0.2, 0) is 37.4 Å². The van der Waals surface area contributed by atoms with Crippen LogP contribution in [-0.4, -0.2) is 62.0 Å². The van der Waals surface area contributed by atoms with E-state index in [1.165, 1.54) is 5.57 Å². The number of hydrogen-bond donors (Lipinski definition) is 1. The van der Waals surface area contributed by atoms with Gasteiger partial charge in [-0.1, -0.05) is 53.2 Å². The lowest BCUT2D eigenvalue weighted by atomic mass is 9.33. The molecule has 272 valence electrons. The van der Waals surface area contributed by atoms with Crippen LogP contribution in [0.2, 0.25) is 0 Å². The van der Waals surface area contributed by atoms with Gasteiger partial charge < -0.3 is 28.4 Å². The first-order chi connectivity index (χ1) is 22.4. The highest BCUT2D eigenvalue weighted by Gasteiger charge is 2.73. The van der Waals surface area contributed by atoms with Gasteiger partial charge >= 0.3 is 19.5 Å². The number of esters is 1. The Bertz CT molecular complexity index is 1360. The second-order valence-corrected chi connectivity index (χ2v) is 19.9. The summed E-state index contributed by atoms with van der Waals surface area (Å²) in [4.78, 5) is 26.8. The summed E-state index contributed by atoms with van der Waals surface area (Å²) in [7, 11) is -3.64. The second kappa shape index (κ2) is 12.2. The molecule has 1 spiro atoms. The molecule has 1 saturated heterocycles. The third-order valence-electron chi connectivity index (χ3n) is 15.1. The molecule has 0 aromatic heterocycles. The van der Waals surface area contributed by atoms with E-state index >= 15 is 0 Å². The first-order valence-electron chi connectivity index (χ1n) is 18.7. The smallest absolute Gasteiger partial charge is 0.341 e. The van der Waals surface area contributed by atoms with Gasteiger partial charge in [0.1, 0.15) is 12.8 Å². The number of rotatable bonds is 9. The van der Waals surface area contributed by atoms with E-state index < -0.39 is 42.3 Å². The number of hydrogen-bond acceptors (Lipinski definition) is 8. The van der Waals surface area contributed by atoms with Crippen molar-refractivity contribution in [1.29, 1.82) is 0 Å². The van der Waals surface area contributed by atoms with Gasteiger partial charge in [0.15, 0.2) is 5.79 Å². The van der Waals surface area contributed by atoms with Crippen molar-refractivity contribution >= 4 is 19.5 Å². The lowest BCUT2D eigenvalue weighted by Gasteiger charge is -2.72. The molecule has 4 saturated carbocycles. The van der Waals surface area contributed by atoms with Crippen molar-refractivity contribution in [2.75, 3.05) is 39.2 Å². The molecular weight excluding hydrogens is 631 g/mol. The standard InChI is InChI=1S/C38H61O9P/c1-9-46-48(42,47-10-2)24-30(39)43-25-37-19-18-36(31(40)41)17-15-32(3,4)23-27(36)26(37)11-12-29-34(7)16-20-38(44-21-22-45-38)33(5,6)28(34)13-14-35(29,37)8/h11,27-29H,9-10,12-25H2,1-8H3,(H,40,41)/t27?,28?,29?,34-,35+,36-,37-/m0/s1. The monoisotopic (exact) mass is 692 g/mol. The van der Waals surface area contributed by atoms with E-state index in [1.807, 2.05) is 0 Å². The Kier molecular flexibility index (Phi) is 9.27. The molecule has 10 heteroatoms. The minimum Gasteiger partial charge on any atom is -0.481 e. The predicted molar refractivity (Wildman–Crippen MR) is 182 cm³/mol. The van der Waals surface area contributed by atoms with Crippen molar-refractivity contribution in [3.63, 3.8) is 0 Å². The molecule has 0 amide bonds.